The van der Waals surface area contributed by atoms with Crippen molar-refractivity contribution in [2.75, 3.05) is 40.0 Å². The largest absolute Gasteiger partial charge is 0.463 e. The van der Waals surface area contributed by atoms with Crippen LogP contribution in [0.5, 0.6) is 0 Å². The molecule has 1 aromatic heterocycles. The van der Waals surface area contributed by atoms with Gasteiger partial charge in [0, 0.05) is 18.4 Å². The summed E-state index contributed by atoms with van der Waals surface area (Å²) in [5.74, 6) is -1.34. The van der Waals surface area contributed by atoms with Crippen molar-refractivity contribution in [1.29, 1.82) is 0 Å². The normalized spacial score (nSPS) is 13.4. The SMILES string of the molecule is CN(C)CCOC(=O)CN=C(/C=C(\N)C(F)(F)F)c1noc(-c2cccc(S(C)(=O)=O)c2)n1. The fourth-order valence-corrected chi connectivity index (χ4v) is 2.92. The molecule has 1 aromatic carbocycles. The van der Waals surface area contributed by atoms with E-state index in [2.05, 4.69) is 15.1 Å². The summed E-state index contributed by atoms with van der Waals surface area (Å²) in [6.45, 7) is -0.0952. The van der Waals surface area contributed by atoms with Gasteiger partial charge in [0.15, 0.2) is 9.84 Å². The summed E-state index contributed by atoms with van der Waals surface area (Å²) < 4.78 is 72.3. The summed E-state index contributed by atoms with van der Waals surface area (Å²) in [5, 5.41) is 3.59. The lowest BCUT2D eigenvalue weighted by Gasteiger charge is -2.09. The van der Waals surface area contributed by atoms with Gasteiger partial charge in [-0.1, -0.05) is 11.2 Å². The number of hydrogen-bond acceptors (Lipinski definition) is 10. The topological polar surface area (TPSA) is 141 Å². The smallest absolute Gasteiger partial charge is 0.430 e. The summed E-state index contributed by atoms with van der Waals surface area (Å²) in [7, 11) is 0.0187. The molecule has 0 aliphatic carbocycles. The Labute approximate surface area is 187 Å². The van der Waals surface area contributed by atoms with E-state index in [0.29, 0.717) is 12.6 Å². The fraction of sp³-hybridized carbons (Fsp3) is 0.368. The molecular formula is C19H22F3N5O5S. The van der Waals surface area contributed by atoms with Crippen LogP contribution >= 0.6 is 0 Å². The minimum Gasteiger partial charge on any atom is -0.463 e. The molecule has 0 saturated carbocycles. The number of benzene rings is 1. The molecule has 0 unspecified atom stereocenters. The van der Waals surface area contributed by atoms with E-state index in [-0.39, 0.29) is 28.8 Å². The maximum Gasteiger partial charge on any atom is 0.430 e. The first-order valence-corrected chi connectivity index (χ1v) is 11.2. The first kappa shape index (κ1) is 26.0. The van der Waals surface area contributed by atoms with Crippen LogP contribution in [0.1, 0.15) is 5.82 Å². The number of esters is 1. The number of hydrogen-bond donors (Lipinski definition) is 1. The van der Waals surface area contributed by atoms with Gasteiger partial charge in [-0.3, -0.25) is 9.79 Å². The molecular weight excluding hydrogens is 467 g/mol. The molecule has 0 fully saturated rings. The number of ether oxygens (including phenoxy) is 1. The number of alkyl halides is 3. The number of aliphatic imine (C=N–C) groups is 1. The molecule has 0 aliphatic rings. The number of likely N-dealkylation sites (N-methyl/N-ethyl adjacent to an activating group) is 1. The van der Waals surface area contributed by atoms with Crippen LogP contribution in [0.3, 0.4) is 0 Å². The van der Waals surface area contributed by atoms with Crippen molar-refractivity contribution in [3.8, 4) is 11.5 Å². The monoisotopic (exact) mass is 489 g/mol. The quantitative estimate of drug-likeness (QED) is 0.409. The van der Waals surface area contributed by atoms with Crippen LogP contribution in [0, 0.1) is 0 Å². The lowest BCUT2D eigenvalue weighted by Crippen LogP contribution is -2.22. The molecule has 180 valence electrons. The molecule has 14 heteroatoms. The molecule has 2 aromatic rings. The van der Waals surface area contributed by atoms with Crippen molar-refractivity contribution >= 4 is 21.5 Å². The first-order valence-electron chi connectivity index (χ1n) is 9.31. The highest BCUT2D eigenvalue weighted by Gasteiger charge is 2.32. The van der Waals surface area contributed by atoms with Crippen LogP contribution in [0.25, 0.3) is 11.5 Å². The van der Waals surface area contributed by atoms with Gasteiger partial charge in [-0.05, 0) is 38.4 Å². The molecule has 0 bridgehead atoms. The Hall–Kier alpha value is -3.26. The Morgan fingerprint density at radius 1 is 1.33 bits per heavy atom. The number of carbonyl (C=O) groups excluding carboxylic acids is 1. The van der Waals surface area contributed by atoms with Gasteiger partial charge in [-0.25, -0.2) is 8.42 Å². The van der Waals surface area contributed by atoms with Crippen molar-refractivity contribution in [2.45, 2.75) is 11.1 Å². The molecule has 33 heavy (non-hydrogen) atoms. The number of nitrogens with two attached hydrogens (primary N) is 1. The molecule has 1 heterocycles. The summed E-state index contributed by atoms with van der Waals surface area (Å²) in [6.07, 6.45) is -3.38. The zero-order valence-electron chi connectivity index (χ0n) is 18.0. The third-order valence-electron chi connectivity index (χ3n) is 3.96. The summed E-state index contributed by atoms with van der Waals surface area (Å²) in [6, 6.07) is 5.55. The molecule has 2 rings (SSSR count). The number of halogens is 3. The van der Waals surface area contributed by atoms with E-state index in [4.69, 9.17) is 15.0 Å². The van der Waals surface area contributed by atoms with Crippen molar-refractivity contribution < 1.29 is 35.6 Å². The van der Waals surface area contributed by atoms with Crippen LogP contribution in [-0.4, -0.2) is 81.4 Å². The van der Waals surface area contributed by atoms with Crippen molar-refractivity contribution in [2.24, 2.45) is 10.7 Å². The average Bonchev–Trinajstić information content (AvgIpc) is 3.19. The van der Waals surface area contributed by atoms with Gasteiger partial charge in [0.1, 0.15) is 24.6 Å². The lowest BCUT2D eigenvalue weighted by molar-refractivity contribution is -0.142. The van der Waals surface area contributed by atoms with Gasteiger partial charge in [-0.2, -0.15) is 18.2 Å². The van der Waals surface area contributed by atoms with E-state index >= 15 is 0 Å². The van der Waals surface area contributed by atoms with Crippen molar-refractivity contribution in [3.63, 3.8) is 0 Å². The third kappa shape index (κ3) is 7.98. The number of sulfone groups is 1. The van der Waals surface area contributed by atoms with Gasteiger partial charge < -0.3 is 19.9 Å². The number of carbonyl (C=O) groups is 1. The predicted octanol–water partition coefficient (Wildman–Crippen LogP) is 1.44. The highest BCUT2D eigenvalue weighted by Crippen LogP contribution is 2.23. The molecule has 0 radical (unpaired) electrons. The van der Waals surface area contributed by atoms with Crippen LogP contribution in [0.4, 0.5) is 13.2 Å². The zero-order chi connectivity index (χ0) is 24.8. The maximum absolute atomic E-state index is 12.9. The number of nitrogens with zero attached hydrogens (tertiary/aromatic N) is 4. The second-order valence-electron chi connectivity index (χ2n) is 7.05. The Kier molecular flexibility index (Phi) is 8.33. The molecule has 10 nitrogen and oxygen atoms in total. The van der Waals surface area contributed by atoms with E-state index in [1.165, 1.54) is 24.3 Å². The average molecular weight is 489 g/mol. The zero-order valence-corrected chi connectivity index (χ0v) is 18.8. The minimum absolute atomic E-state index is 0.0182. The molecule has 0 saturated heterocycles. The van der Waals surface area contributed by atoms with Gasteiger partial charge in [0.2, 0.25) is 5.82 Å². The van der Waals surface area contributed by atoms with Gasteiger partial charge in [0.05, 0.1) is 4.90 Å². The van der Waals surface area contributed by atoms with E-state index in [0.717, 1.165) is 6.26 Å². The Morgan fingerprint density at radius 3 is 2.64 bits per heavy atom. The van der Waals surface area contributed by atoms with Crippen molar-refractivity contribution in [3.05, 3.63) is 41.9 Å². The third-order valence-corrected chi connectivity index (χ3v) is 5.07. The first-order chi connectivity index (χ1) is 15.3. The van der Waals surface area contributed by atoms with E-state index < -0.39 is 39.9 Å². The number of rotatable bonds is 9. The molecule has 0 aliphatic heterocycles. The number of aromatic nitrogens is 2. The molecule has 0 spiro atoms. The van der Waals surface area contributed by atoms with Gasteiger partial charge in [-0.15, -0.1) is 0 Å². The van der Waals surface area contributed by atoms with E-state index in [1.807, 2.05) is 0 Å². The molecule has 0 atom stereocenters. The second-order valence-corrected chi connectivity index (χ2v) is 9.06. The van der Waals surface area contributed by atoms with Crippen molar-refractivity contribution in [1.82, 2.24) is 15.0 Å². The van der Waals surface area contributed by atoms with Crippen LogP contribution in [-0.2, 0) is 19.4 Å². The number of allylic oxidation sites excluding steroid dienone is 2. The van der Waals surface area contributed by atoms with Crippen LogP contribution in [0.15, 0.2) is 50.4 Å². The van der Waals surface area contributed by atoms with Gasteiger partial charge in [0.25, 0.3) is 5.89 Å². The Morgan fingerprint density at radius 2 is 2.03 bits per heavy atom. The molecule has 2 N–H and O–H groups in total. The lowest BCUT2D eigenvalue weighted by atomic mass is 10.2. The summed E-state index contributed by atoms with van der Waals surface area (Å²) in [4.78, 5) is 21.4. The minimum atomic E-state index is -4.86. The summed E-state index contributed by atoms with van der Waals surface area (Å²) >= 11 is 0. The van der Waals surface area contributed by atoms with Crippen LogP contribution in [0.2, 0.25) is 0 Å². The predicted molar refractivity (Wildman–Crippen MR) is 112 cm³/mol. The van der Waals surface area contributed by atoms with E-state index in [1.54, 1.807) is 19.0 Å². The van der Waals surface area contributed by atoms with Crippen LogP contribution < -0.4 is 5.73 Å². The van der Waals surface area contributed by atoms with E-state index in [9.17, 15) is 26.4 Å². The standard InChI is InChI=1S/C19H22F3N5O5S/c1-27(2)7-8-31-16(28)11-24-14(10-15(23)19(20,21)22)17-25-18(32-26-17)12-5-4-6-13(9-12)33(3,29)30/h4-6,9-10H,7-8,11,23H2,1-3H3/b15-10-,24-14?. The highest BCUT2D eigenvalue weighted by molar-refractivity contribution is 7.90. The Bertz CT molecular complexity index is 1160. The molecule has 0 amide bonds. The highest BCUT2D eigenvalue weighted by atomic mass is 32.2. The second kappa shape index (κ2) is 10.6. The van der Waals surface area contributed by atoms with Gasteiger partial charge >= 0.3 is 12.1 Å². The summed E-state index contributed by atoms with van der Waals surface area (Å²) in [5.41, 5.74) is 3.33. The fourth-order valence-electron chi connectivity index (χ4n) is 2.25. The maximum atomic E-state index is 12.9. The Balaban J connectivity index is 2.35.